The Morgan fingerprint density at radius 2 is 2.25 bits per heavy atom. The molecule has 2 heterocycles. The van der Waals surface area contributed by atoms with E-state index in [0.717, 1.165) is 17.7 Å². The van der Waals surface area contributed by atoms with Crippen LogP contribution in [-0.4, -0.2) is 25.5 Å². The Bertz CT molecular complexity index is 765. The van der Waals surface area contributed by atoms with Crippen LogP contribution in [0.2, 0.25) is 0 Å². The molecule has 0 saturated carbocycles. The minimum atomic E-state index is -0.261. The summed E-state index contributed by atoms with van der Waals surface area (Å²) in [6.45, 7) is 0.689. The summed E-state index contributed by atoms with van der Waals surface area (Å²) in [5.41, 5.74) is 2.14. The molecule has 1 aliphatic rings. The fourth-order valence-electron chi connectivity index (χ4n) is 2.61. The van der Waals surface area contributed by atoms with Crippen molar-refractivity contribution in [1.29, 1.82) is 0 Å². The summed E-state index contributed by atoms with van der Waals surface area (Å²) < 4.78 is 10.3. The summed E-state index contributed by atoms with van der Waals surface area (Å²) in [4.78, 5) is 25.6. The number of hydrogen-bond donors (Lipinski definition) is 1. The van der Waals surface area contributed by atoms with Crippen LogP contribution in [0.1, 0.15) is 18.4 Å². The van der Waals surface area contributed by atoms with E-state index in [0.29, 0.717) is 24.4 Å². The molecule has 6 heteroatoms. The van der Waals surface area contributed by atoms with Crippen molar-refractivity contribution in [3.63, 3.8) is 0 Å². The second-order valence-electron chi connectivity index (χ2n) is 5.41. The van der Waals surface area contributed by atoms with E-state index in [-0.39, 0.29) is 11.8 Å². The van der Waals surface area contributed by atoms with Crippen LogP contribution in [0.15, 0.2) is 47.3 Å². The second kappa shape index (κ2) is 7.04. The number of nitrogens with one attached hydrogen (secondary N) is 1. The minimum absolute atomic E-state index is 0.0909. The zero-order valence-electron chi connectivity index (χ0n) is 13.3. The normalized spacial score (nSPS) is 14.4. The summed E-state index contributed by atoms with van der Waals surface area (Å²) in [7, 11) is 1.55. The lowest BCUT2D eigenvalue weighted by molar-refractivity contribution is -0.117. The van der Waals surface area contributed by atoms with E-state index in [9.17, 15) is 9.59 Å². The molecule has 6 nitrogen and oxygen atoms in total. The van der Waals surface area contributed by atoms with Crippen molar-refractivity contribution < 1.29 is 18.7 Å². The van der Waals surface area contributed by atoms with E-state index in [1.165, 1.54) is 6.08 Å². The van der Waals surface area contributed by atoms with Crippen LogP contribution < -0.4 is 15.0 Å². The number of methoxy groups -OCH3 is 1. The molecule has 0 bridgehead atoms. The molecule has 1 N–H and O–H groups in total. The van der Waals surface area contributed by atoms with Gasteiger partial charge in [0.05, 0.1) is 25.3 Å². The molecule has 3 rings (SSSR count). The summed E-state index contributed by atoms with van der Waals surface area (Å²) in [5, 5.41) is 2.77. The molecule has 0 spiro atoms. The first-order valence-electron chi connectivity index (χ1n) is 7.67. The quantitative estimate of drug-likeness (QED) is 0.857. The highest BCUT2D eigenvalue weighted by molar-refractivity contribution is 6.02. The first kappa shape index (κ1) is 15.9. The van der Waals surface area contributed by atoms with Crippen LogP contribution in [0.5, 0.6) is 5.75 Å². The minimum Gasteiger partial charge on any atom is -0.494 e. The first-order chi connectivity index (χ1) is 11.7. The lowest BCUT2D eigenvalue weighted by atomic mass is 10.2. The van der Waals surface area contributed by atoms with Crippen molar-refractivity contribution in [2.75, 3.05) is 23.9 Å². The number of furan rings is 1. The van der Waals surface area contributed by atoms with Crippen molar-refractivity contribution in [1.82, 2.24) is 0 Å². The fourth-order valence-corrected chi connectivity index (χ4v) is 2.61. The van der Waals surface area contributed by atoms with Gasteiger partial charge >= 0.3 is 0 Å². The highest BCUT2D eigenvalue weighted by Crippen LogP contribution is 2.33. The topological polar surface area (TPSA) is 71.8 Å². The predicted molar refractivity (Wildman–Crippen MR) is 91.0 cm³/mol. The zero-order valence-corrected chi connectivity index (χ0v) is 13.3. The number of nitrogens with zero attached hydrogens (tertiary/aromatic N) is 1. The number of rotatable bonds is 5. The summed E-state index contributed by atoms with van der Waals surface area (Å²) in [6, 6.07) is 7.02. The van der Waals surface area contributed by atoms with Crippen LogP contribution in [0, 0.1) is 0 Å². The van der Waals surface area contributed by atoms with E-state index in [1.807, 2.05) is 0 Å². The maximum atomic E-state index is 12.0. The van der Waals surface area contributed by atoms with Gasteiger partial charge < -0.3 is 19.4 Å². The fraction of sp³-hybridized carbons (Fsp3) is 0.222. The smallest absolute Gasteiger partial charge is 0.248 e. The number of ether oxygens (including phenoxy) is 1. The average Bonchev–Trinajstić information content (AvgIpc) is 3.24. The maximum absolute atomic E-state index is 12.0. The molecule has 1 aliphatic heterocycles. The van der Waals surface area contributed by atoms with Crippen LogP contribution in [0.3, 0.4) is 0 Å². The molecular weight excluding hydrogens is 308 g/mol. The number of benzene rings is 1. The van der Waals surface area contributed by atoms with E-state index in [4.69, 9.17) is 9.15 Å². The van der Waals surface area contributed by atoms with E-state index in [1.54, 1.807) is 54.9 Å². The molecule has 0 aliphatic carbocycles. The lowest BCUT2D eigenvalue weighted by Gasteiger charge is -2.19. The third-order valence-corrected chi connectivity index (χ3v) is 3.78. The van der Waals surface area contributed by atoms with E-state index >= 15 is 0 Å². The van der Waals surface area contributed by atoms with Crippen LogP contribution in [-0.2, 0) is 9.59 Å². The van der Waals surface area contributed by atoms with Crippen LogP contribution in [0.4, 0.5) is 11.4 Å². The predicted octanol–water partition coefficient (Wildman–Crippen LogP) is 3.07. The molecule has 24 heavy (non-hydrogen) atoms. The summed E-state index contributed by atoms with van der Waals surface area (Å²) >= 11 is 0. The van der Waals surface area contributed by atoms with Gasteiger partial charge in [-0.3, -0.25) is 9.59 Å². The molecule has 1 aromatic heterocycles. The average molecular weight is 326 g/mol. The molecule has 1 saturated heterocycles. The Morgan fingerprint density at radius 1 is 1.38 bits per heavy atom. The second-order valence-corrected chi connectivity index (χ2v) is 5.41. The molecule has 0 radical (unpaired) electrons. The Balaban J connectivity index is 1.72. The van der Waals surface area contributed by atoms with Crippen molar-refractivity contribution in [2.45, 2.75) is 12.8 Å². The van der Waals surface area contributed by atoms with Gasteiger partial charge in [0.1, 0.15) is 5.75 Å². The summed E-state index contributed by atoms with van der Waals surface area (Å²) in [5.74, 6) is 0.387. The standard InChI is InChI=1S/C18H18N2O4/c1-23-16-11-14(5-6-15(16)20-9-2-3-18(20)22)19-17(21)7-4-13-8-10-24-12-13/h4-8,10-12H,2-3,9H2,1H3,(H,19,21)/b7-4+. The Hall–Kier alpha value is -3.02. The van der Waals surface area contributed by atoms with Gasteiger partial charge in [-0.1, -0.05) is 0 Å². The number of hydrogen-bond acceptors (Lipinski definition) is 4. The van der Waals surface area contributed by atoms with Gasteiger partial charge in [-0.15, -0.1) is 0 Å². The van der Waals surface area contributed by atoms with Crippen LogP contribution in [0.25, 0.3) is 6.08 Å². The molecule has 2 amide bonds. The molecule has 2 aromatic rings. The van der Waals surface area contributed by atoms with Crippen molar-refractivity contribution >= 4 is 29.3 Å². The number of anilines is 2. The molecule has 0 unspecified atom stereocenters. The van der Waals surface area contributed by atoms with Gasteiger partial charge in [0.15, 0.2) is 0 Å². The van der Waals surface area contributed by atoms with Gasteiger partial charge in [0.25, 0.3) is 0 Å². The number of carbonyl (C=O) groups excluding carboxylic acids is 2. The van der Waals surface area contributed by atoms with E-state index in [2.05, 4.69) is 5.32 Å². The zero-order chi connectivity index (χ0) is 16.9. The van der Waals surface area contributed by atoms with Gasteiger partial charge in [-0.25, -0.2) is 0 Å². The van der Waals surface area contributed by atoms with Gasteiger partial charge in [-0.2, -0.15) is 0 Å². The Kier molecular flexibility index (Phi) is 4.65. The molecule has 124 valence electrons. The van der Waals surface area contributed by atoms with Gasteiger partial charge in [-0.05, 0) is 30.7 Å². The lowest BCUT2D eigenvalue weighted by Crippen LogP contribution is -2.24. The Labute approximate surface area is 139 Å². The molecule has 0 atom stereocenters. The number of carbonyl (C=O) groups is 2. The summed E-state index contributed by atoms with van der Waals surface area (Å²) in [6.07, 6.45) is 7.58. The van der Waals surface area contributed by atoms with Crippen molar-refractivity contribution in [2.24, 2.45) is 0 Å². The highest BCUT2D eigenvalue weighted by atomic mass is 16.5. The number of amides is 2. The first-order valence-corrected chi connectivity index (χ1v) is 7.67. The molecule has 1 aromatic carbocycles. The third kappa shape index (κ3) is 3.48. The highest BCUT2D eigenvalue weighted by Gasteiger charge is 2.24. The van der Waals surface area contributed by atoms with Crippen molar-refractivity contribution in [3.05, 3.63) is 48.4 Å². The molecule has 1 fully saturated rings. The SMILES string of the molecule is COc1cc(NC(=O)/C=C/c2ccoc2)ccc1N1CCCC1=O. The van der Waals surface area contributed by atoms with Crippen LogP contribution >= 0.6 is 0 Å². The van der Waals surface area contributed by atoms with Gasteiger partial charge in [0, 0.05) is 36.4 Å². The largest absolute Gasteiger partial charge is 0.494 e. The van der Waals surface area contributed by atoms with Gasteiger partial charge in [0.2, 0.25) is 11.8 Å². The van der Waals surface area contributed by atoms with Crippen molar-refractivity contribution in [3.8, 4) is 5.75 Å². The van der Waals surface area contributed by atoms with E-state index < -0.39 is 0 Å². The maximum Gasteiger partial charge on any atom is 0.248 e. The third-order valence-electron chi connectivity index (χ3n) is 3.78. The molecular formula is C18H18N2O4. The Morgan fingerprint density at radius 3 is 2.92 bits per heavy atom. The monoisotopic (exact) mass is 326 g/mol.